The summed E-state index contributed by atoms with van der Waals surface area (Å²) in [6.07, 6.45) is 0. The van der Waals surface area contributed by atoms with Crippen LogP contribution in [0.15, 0.2) is 71.6 Å². The quantitative estimate of drug-likeness (QED) is 0.222. The van der Waals surface area contributed by atoms with Gasteiger partial charge >= 0.3 is 0 Å². The number of hydrogen-bond donors (Lipinski definition) is 2. The first kappa shape index (κ1) is 22.4. The van der Waals surface area contributed by atoms with Gasteiger partial charge in [-0.1, -0.05) is 41.4 Å². The summed E-state index contributed by atoms with van der Waals surface area (Å²) in [7, 11) is 1.61. The number of thioether (sulfide) groups is 1. The van der Waals surface area contributed by atoms with E-state index in [1.165, 1.54) is 11.8 Å². The lowest BCUT2D eigenvalue weighted by molar-refractivity contribution is 0.102. The minimum absolute atomic E-state index is 0.0617. The van der Waals surface area contributed by atoms with Gasteiger partial charge in [-0.3, -0.25) is 4.79 Å². The Hall–Kier alpha value is -2.25. The van der Waals surface area contributed by atoms with Crippen LogP contribution in [0.3, 0.4) is 0 Å². The summed E-state index contributed by atoms with van der Waals surface area (Å²) in [6.45, 7) is 0. The van der Waals surface area contributed by atoms with Crippen molar-refractivity contribution in [3.05, 3.63) is 82.3 Å². The molecule has 0 saturated carbocycles. The smallest absolute Gasteiger partial charge is 0.175 e. The fourth-order valence-corrected chi connectivity index (χ4v) is 4.22. The van der Waals surface area contributed by atoms with Gasteiger partial charge in [0, 0.05) is 21.2 Å². The molecule has 0 atom stereocenters. The lowest BCUT2D eigenvalue weighted by Crippen LogP contribution is -2.19. The zero-order valence-corrected chi connectivity index (χ0v) is 19.1. The number of halogens is 2. The molecule has 3 rings (SSSR count). The third-order valence-corrected chi connectivity index (χ3v) is 5.79. The van der Waals surface area contributed by atoms with E-state index in [1.807, 2.05) is 48.5 Å². The van der Waals surface area contributed by atoms with Crippen LogP contribution in [0, 0.1) is 0 Å². The average molecular weight is 477 g/mol. The van der Waals surface area contributed by atoms with E-state index < -0.39 is 0 Å². The van der Waals surface area contributed by atoms with E-state index >= 15 is 0 Å². The van der Waals surface area contributed by atoms with Crippen LogP contribution in [0.25, 0.3) is 0 Å². The van der Waals surface area contributed by atoms with Crippen LogP contribution in [-0.4, -0.2) is 23.8 Å². The third-order valence-electron chi connectivity index (χ3n) is 4.05. The number of hydrogen-bond acceptors (Lipinski definition) is 4. The second-order valence-electron chi connectivity index (χ2n) is 6.14. The Morgan fingerprint density at radius 2 is 1.83 bits per heavy atom. The fraction of sp³-hybridized carbons (Fsp3) is 0.0909. The Morgan fingerprint density at radius 3 is 2.60 bits per heavy atom. The van der Waals surface area contributed by atoms with Crippen molar-refractivity contribution in [2.24, 2.45) is 0 Å². The molecule has 3 aromatic carbocycles. The van der Waals surface area contributed by atoms with E-state index in [0.29, 0.717) is 26.5 Å². The molecule has 0 aliphatic carbocycles. The summed E-state index contributed by atoms with van der Waals surface area (Å²) in [5.41, 5.74) is 2.04. The number of Topliss-reactive ketones (excluding diaryl/α,β-unsaturated/α-hetero) is 1. The molecule has 0 fully saturated rings. The second-order valence-corrected chi connectivity index (χ2v) is 8.44. The van der Waals surface area contributed by atoms with Gasteiger partial charge in [0.25, 0.3) is 0 Å². The molecule has 3 aromatic rings. The van der Waals surface area contributed by atoms with Crippen molar-refractivity contribution in [2.45, 2.75) is 4.90 Å². The van der Waals surface area contributed by atoms with E-state index in [0.717, 1.165) is 16.3 Å². The number of anilines is 2. The van der Waals surface area contributed by atoms with Gasteiger partial charge in [0.05, 0.1) is 23.6 Å². The lowest BCUT2D eigenvalue weighted by Gasteiger charge is -2.13. The summed E-state index contributed by atoms with van der Waals surface area (Å²) >= 11 is 18.8. The molecule has 0 amide bonds. The number of ketones is 1. The number of carbonyl (C=O) groups excluding carboxylic acids is 1. The van der Waals surface area contributed by atoms with Gasteiger partial charge < -0.3 is 15.4 Å². The molecule has 0 radical (unpaired) electrons. The molecule has 0 saturated heterocycles. The van der Waals surface area contributed by atoms with Crippen LogP contribution < -0.4 is 15.4 Å². The molecule has 2 N–H and O–H groups in total. The van der Waals surface area contributed by atoms with E-state index in [2.05, 4.69) is 10.6 Å². The Bertz CT molecular complexity index is 1080. The highest BCUT2D eigenvalue weighted by Crippen LogP contribution is 2.27. The monoisotopic (exact) mass is 476 g/mol. The molecule has 4 nitrogen and oxygen atoms in total. The molecule has 0 spiro atoms. The van der Waals surface area contributed by atoms with Crippen LogP contribution in [0.5, 0.6) is 5.75 Å². The van der Waals surface area contributed by atoms with Gasteiger partial charge in [0.15, 0.2) is 10.9 Å². The van der Waals surface area contributed by atoms with Gasteiger partial charge in [0.2, 0.25) is 0 Å². The number of nitrogens with one attached hydrogen (secondary N) is 2. The minimum Gasteiger partial charge on any atom is -0.495 e. The van der Waals surface area contributed by atoms with Crippen molar-refractivity contribution < 1.29 is 9.53 Å². The molecule has 154 valence electrons. The molecule has 0 unspecified atom stereocenters. The zero-order chi connectivity index (χ0) is 21.5. The topological polar surface area (TPSA) is 50.4 Å². The van der Waals surface area contributed by atoms with Gasteiger partial charge in [0.1, 0.15) is 5.75 Å². The third kappa shape index (κ3) is 6.12. The van der Waals surface area contributed by atoms with Crippen LogP contribution >= 0.6 is 47.2 Å². The summed E-state index contributed by atoms with van der Waals surface area (Å²) in [5, 5.41) is 7.56. The number of rotatable bonds is 7. The Balaban J connectivity index is 1.60. The fourth-order valence-electron chi connectivity index (χ4n) is 2.64. The minimum atomic E-state index is -0.0617. The first-order valence-corrected chi connectivity index (χ1v) is 11.0. The SMILES string of the molecule is COc1ccccc1NC(=S)Nc1cccc(SCC(=O)c2ccc(Cl)cc2Cl)c1. The van der Waals surface area contributed by atoms with Crippen LogP contribution in [0.2, 0.25) is 10.0 Å². The molecule has 0 heterocycles. The summed E-state index contributed by atoms with van der Waals surface area (Å²) in [4.78, 5) is 13.4. The highest BCUT2D eigenvalue weighted by atomic mass is 35.5. The maximum atomic E-state index is 12.5. The predicted octanol–water partition coefficient (Wildman–Crippen LogP) is 6.79. The van der Waals surface area contributed by atoms with Crippen LogP contribution in [-0.2, 0) is 0 Å². The molecule has 0 aromatic heterocycles. The first-order valence-electron chi connectivity index (χ1n) is 8.88. The highest BCUT2D eigenvalue weighted by Gasteiger charge is 2.12. The van der Waals surface area contributed by atoms with Crippen molar-refractivity contribution in [1.82, 2.24) is 0 Å². The molecular weight excluding hydrogens is 459 g/mol. The van der Waals surface area contributed by atoms with E-state index in [9.17, 15) is 4.79 Å². The lowest BCUT2D eigenvalue weighted by atomic mass is 10.1. The van der Waals surface area contributed by atoms with E-state index in [-0.39, 0.29) is 11.5 Å². The first-order chi connectivity index (χ1) is 14.5. The standard InChI is InChI=1S/C22H18Cl2N2O2S2/c1-28-21-8-3-2-7-19(21)26-22(29)25-15-5-4-6-16(12-15)30-13-20(27)17-10-9-14(23)11-18(17)24/h2-12H,13H2,1H3,(H2,25,26,29). The number of para-hydroxylation sites is 2. The highest BCUT2D eigenvalue weighted by molar-refractivity contribution is 8.00. The molecule has 30 heavy (non-hydrogen) atoms. The Kier molecular flexibility index (Phi) is 7.99. The van der Waals surface area contributed by atoms with Gasteiger partial charge in [-0.2, -0.15) is 0 Å². The largest absolute Gasteiger partial charge is 0.495 e. The zero-order valence-electron chi connectivity index (χ0n) is 15.9. The van der Waals surface area contributed by atoms with E-state index in [4.69, 9.17) is 40.2 Å². The maximum absolute atomic E-state index is 12.5. The van der Waals surface area contributed by atoms with Crippen molar-refractivity contribution in [3.63, 3.8) is 0 Å². The van der Waals surface area contributed by atoms with Gasteiger partial charge in [-0.15, -0.1) is 11.8 Å². The van der Waals surface area contributed by atoms with Gasteiger partial charge in [-0.05, 0) is 60.7 Å². The Labute approximate surface area is 194 Å². The van der Waals surface area contributed by atoms with Crippen LogP contribution in [0.1, 0.15) is 10.4 Å². The number of methoxy groups -OCH3 is 1. The average Bonchev–Trinajstić information content (AvgIpc) is 2.72. The molecule has 0 aliphatic rings. The summed E-state index contributed by atoms with van der Waals surface area (Å²) in [5.74, 6) is 0.896. The van der Waals surface area contributed by atoms with Crippen molar-refractivity contribution in [2.75, 3.05) is 23.5 Å². The summed E-state index contributed by atoms with van der Waals surface area (Å²) in [6, 6.07) is 20.1. The van der Waals surface area contributed by atoms with Crippen LogP contribution in [0.4, 0.5) is 11.4 Å². The predicted molar refractivity (Wildman–Crippen MR) is 131 cm³/mol. The summed E-state index contributed by atoms with van der Waals surface area (Å²) < 4.78 is 5.32. The van der Waals surface area contributed by atoms with Crippen molar-refractivity contribution >= 4 is 69.5 Å². The molecule has 8 heteroatoms. The maximum Gasteiger partial charge on any atom is 0.175 e. The normalized spacial score (nSPS) is 10.4. The Morgan fingerprint density at radius 1 is 1.03 bits per heavy atom. The second kappa shape index (κ2) is 10.7. The number of carbonyl (C=O) groups is 1. The van der Waals surface area contributed by atoms with E-state index in [1.54, 1.807) is 25.3 Å². The number of ether oxygens (including phenoxy) is 1. The van der Waals surface area contributed by atoms with Crippen molar-refractivity contribution in [3.8, 4) is 5.75 Å². The molecular formula is C22H18Cl2N2O2S2. The number of benzene rings is 3. The molecule has 0 aliphatic heterocycles. The number of thiocarbonyl (C=S) groups is 1. The molecule has 0 bridgehead atoms. The van der Waals surface area contributed by atoms with Gasteiger partial charge in [-0.25, -0.2) is 0 Å². The van der Waals surface area contributed by atoms with Crippen molar-refractivity contribution in [1.29, 1.82) is 0 Å².